The number of ether oxygens (including phenoxy) is 1. The lowest BCUT2D eigenvalue weighted by atomic mass is 10.4. The van der Waals surface area contributed by atoms with Crippen LogP contribution in [0.25, 0.3) is 0 Å². The Labute approximate surface area is 194 Å². The van der Waals surface area contributed by atoms with E-state index in [1.807, 2.05) is 0 Å². The first-order chi connectivity index (χ1) is 15.8. The molecule has 0 bridgehead atoms. The third-order valence-electron chi connectivity index (χ3n) is 5.77. The molecule has 1 aliphatic heterocycles. The zero-order valence-corrected chi connectivity index (χ0v) is 22.2. The lowest BCUT2D eigenvalue weighted by Crippen LogP contribution is -2.55. The monoisotopic (exact) mass is 509 g/mol. The van der Waals surface area contributed by atoms with Gasteiger partial charge in [0.25, 0.3) is 0 Å². The zero-order chi connectivity index (χ0) is 24.6. The van der Waals surface area contributed by atoms with Crippen molar-refractivity contribution in [2.45, 2.75) is 50.7 Å². The maximum Gasteiger partial charge on any atom is 0.500 e. The van der Waals surface area contributed by atoms with Crippen LogP contribution in [-0.4, -0.2) is 86.7 Å². The Morgan fingerprint density at radius 3 is 1.33 bits per heavy atom. The average molecular weight is 510 g/mol. The van der Waals surface area contributed by atoms with Gasteiger partial charge in [0.1, 0.15) is 0 Å². The first-order valence-corrected chi connectivity index (χ1v) is 14.5. The highest BCUT2D eigenvalue weighted by molar-refractivity contribution is 6.60. The minimum absolute atomic E-state index is 0.0845. The Hall–Kier alpha value is -1.44. The Kier molecular flexibility index (Phi) is 10.4. The number of hydrogen-bond donors (Lipinski definition) is 0. The molecule has 1 aromatic rings. The number of epoxide rings is 1. The van der Waals surface area contributed by atoms with Crippen LogP contribution >= 0.6 is 0 Å². The Morgan fingerprint density at radius 1 is 0.697 bits per heavy atom. The summed E-state index contributed by atoms with van der Waals surface area (Å²) in [6.07, 6.45) is 0.574. The van der Waals surface area contributed by atoms with Crippen molar-refractivity contribution >= 4 is 17.6 Å². The van der Waals surface area contributed by atoms with Gasteiger partial charge in [0, 0.05) is 67.8 Å². The van der Waals surface area contributed by atoms with E-state index in [-0.39, 0.29) is 25.7 Å². The molecule has 0 N–H and O–H groups in total. The van der Waals surface area contributed by atoms with E-state index in [2.05, 4.69) is 0 Å². The van der Waals surface area contributed by atoms with Gasteiger partial charge in [0.15, 0.2) is 0 Å². The van der Waals surface area contributed by atoms with Gasteiger partial charge in [-0.2, -0.15) is 0 Å². The summed E-state index contributed by atoms with van der Waals surface area (Å²) in [5.74, 6) is 0. The maximum absolute atomic E-state index is 13.1. The van der Waals surface area contributed by atoms with E-state index in [4.69, 9.17) is 31.3 Å². The normalized spacial score (nSPS) is 16.4. The van der Waals surface area contributed by atoms with Crippen molar-refractivity contribution in [3.8, 4) is 0 Å². The molecule has 0 aromatic carbocycles. The van der Waals surface area contributed by atoms with E-state index in [9.17, 15) is 14.4 Å². The minimum Gasteiger partial charge on any atom is -0.377 e. The van der Waals surface area contributed by atoms with Crippen molar-refractivity contribution in [1.29, 1.82) is 0 Å². The molecule has 1 aliphatic rings. The maximum atomic E-state index is 13.1. The lowest BCUT2D eigenvalue weighted by Gasteiger charge is -2.24. The van der Waals surface area contributed by atoms with Gasteiger partial charge in [-0.05, 0) is 12.8 Å². The van der Waals surface area contributed by atoms with E-state index in [0.717, 1.165) is 13.7 Å². The number of nitrogens with zero attached hydrogens (tertiary/aromatic N) is 3. The molecule has 0 radical (unpaired) electrons. The number of aromatic nitrogens is 3. The summed E-state index contributed by atoms with van der Waals surface area (Å²) in [5, 5.41) is 0. The van der Waals surface area contributed by atoms with Crippen LogP contribution in [0.1, 0.15) is 12.8 Å². The lowest BCUT2D eigenvalue weighted by molar-refractivity contribution is 0.122. The molecule has 0 spiro atoms. The van der Waals surface area contributed by atoms with Gasteiger partial charge in [-0.15, -0.1) is 0 Å². The predicted octanol–water partition coefficient (Wildman–Crippen LogP) is -0.893. The van der Waals surface area contributed by atoms with E-state index in [1.165, 1.54) is 42.7 Å². The van der Waals surface area contributed by atoms with Crippen molar-refractivity contribution in [3.63, 3.8) is 0 Å². The quantitative estimate of drug-likeness (QED) is 0.204. The molecule has 2 heterocycles. The van der Waals surface area contributed by atoms with E-state index in [1.54, 1.807) is 0 Å². The van der Waals surface area contributed by atoms with Crippen LogP contribution in [0.5, 0.6) is 0 Å². The summed E-state index contributed by atoms with van der Waals surface area (Å²) < 4.78 is 40.8. The number of hydrogen-bond acceptors (Lipinski definition) is 10. The molecule has 1 unspecified atom stereocenters. The first-order valence-electron chi connectivity index (χ1n) is 10.6. The summed E-state index contributed by atoms with van der Waals surface area (Å²) in [7, 11) is 3.26. The van der Waals surface area contributed by atoms with Gasteiger partial charge < -0.3 is 31.3 Å². The molecule has 0 saturated carbocycles. The third kappa shape index (κ3) is 6.58. The first kappa shape index (κ1) is 27.8. The Balaban J connectivity index is 2.31. The molecule has 190 valence electrons. The molecule has 15 heteroatoms. The molecule has 13 nitrogen and oxygen atoms in total. The zero-order valence-electron chi connectivity index (χ0n) is 20.2. The summed E-state index contributed by atoms with van der Waals surface area (Å²) in [5.41, 5.74) is -1.99. The highest BCUT2D eigenvalue weighted by Gasteiger charge is 2.38. The molecule has 1 fully saturated rings. The van der Waals surface area contributed by atoms with Crippen LogP contribution < -0.4 is 17.1 Å². The Bertz CT molecular complexity index is 854. The van der Waals surface area contributed by atoms with Crippen molar-refractivity contribution < 1.29 is 31.3 Å². The molecular formula is C18H35N3O10Si2. The molecule has 33 heavy (non-hydrogen) atoms. The smallest absolute Gasteiger partial charge is 0.377 e. The molecule has 1 atom stereocenters. The van der Waals surface area contributed by atoms with Gasteiger partial charge >= 0.3 is 34.7 Å². The molecule has 1 saturated heterocycles. The third-order valence-corrected chi connectivity index (χ3v) is 11.4. The van der Waals surface area contributed by atoms with Crippen LogP contribution in [0, 0.1) is 0 Å². The second-order valence-corrected chi connectivity index (χ2v) is 13.7. The van der Waals surface area contributed by atoms with Crippen LogP contribution in [0.4, 0.5) is 0 Å². The van der Waals surface area contributed by atoms with Crippen molar-refractivity contribution in [2.24, 2.45) is 0 Å². The second kappa shape index (κ2) is 12.3. The summed E-state index contributed by atoms with van der Waals surface area (Å²) >= 11 is 0. The topological polar surface area (TPSA) is 134 Å². The van der Waals surface area contributed by atoms with Crippen molar-refractivity contribution in [1.82, 2.24) is 13.7 Å². The van der Waals surface area contributed by atoms with Crippen molar-refractivity contribution in [2.75, 3.05) is 49.3 Å². The summed E-state index contributed by atoms with van der Waals surface area (Å²) in [6.45, 7) is 0.735. The molecule has 0 amide bonds. The van der Waals surface area contributed by atoms with E-state index < -0.39 is 34.7 Å². The van der Waals surface area contributed by atoms with Crippen molar-refractivity contribution in [3.05, 3.63) is 31.5 Å². The molecular weight excluding hydrogens is 474 g/mol. The van der Waals surface area contributed by atoms with Crippen LogP contribution in [-0.2, 0) is 50.9 Å². The van der Waals surface area contributed by atoms with E-state index in [0.29, 0.717) is 31.5 Å². The van der Waals surface area contributed by atoms with Crippen LogP contribution in [0.3, 0.4) is 0 Å². The van der Waals surface area contributed by atoms with Crippen LogP contribution in [0.15, 0.2) is 14.4 Å². The molecule has 2 rings (SSSR count). The standard InChI is InChI=1S/C18H35N3O10Si2/c1-25-32(26-2,27-3)11-7-9-19-16(22)20(10-8-12-33(28-4,29-5)30-6)18(24)21(17(19)23)13-15-14-31-15/h15H,7-14H2,1-6H3. The van der Waals surface area contributed by atoms with Gasteiger partial charge in [0.2, 0.25) is 0 Å². The predicted molar refractivity (Wildman–Crippen MR) is 121 cm³/mol. The SMILES string of the molecule is CO[Si](CCCn1c(=O)n(CCC[Si](OC)(OC)OC)c(=O)n(CC2CO2)c1=O)(OC)OC. The van der Waals surface area contributed by atoms with E-state index >= 15 is 0 Å². The average Bonchev–Trinajstić information content (AvgIpc) is 3.66. The second-order valence-electron chi connectivity index (χ2n) is 7.51. The van der Waals surface area contributed by atoms with Gasteiger partial charge in [-0.3, -0.25) is 0 Å². The van der Waals surface area contributed by atoms with Gasteiger partial charge in [0.05, 0.1) is 19.3 Å². The largest absolute Gasteiger partial charge is 0.500 e. The summed E-state index contributed by atoms with van der Waals surface area (Å²) in [6, 6.07) is 0.799. The molecule has 0 aliphatic carbocycles. The molecule has 1 aromatic heterocycles. The fourth-order valence-corrected chi connectivity index (χ4v) is 7.03. The highest BCUT2D eigenvalue weighted by Crippen LogP contribution is 2.16. The fourth-order valence-electron chi connectivity index (χ4n) is 3.62. The Morgan fingerprint density at radius 2 is 1.03 bits per heavy atom. The van der Waals surface area contributed by atoms with Crippen LogP contribution in [0.2, 0.25) is 12.1 Å². The number of rotatable bonds is 16. The van der Waals surface area contributed by atoms with Gasteiger partial charge in [-0.25, -0.2) is 28.1 Å². The summed E-state index contributed by atoms with van der Waals surface area (Å²) in [4.78, 5) is 39.1. The fraction of sp³-hybridized carbons (Fsp3) is 0.833. The highest BCUT2D eigenvalue weighted by atomic mass is 28.4. The van der Waals surface area contributed by atoms with Gasteiger partial charge in [-0.1, -0.05) is 0 Å². The minimum atomic E-state index is -2.86.